The number of aryl methyl sites for hydroxylation is 1. The van der Waals surface area contributed by atoms with E-state index in [2.05, 4.69) is 10.1 Å². The fraction of sp³-hybridized carbons (Fsp3) is 0.429. The number of hydrogen-bond acceptors (Lipinski definition) is 3. The lowest BCUT2D eigenvalue weighted by molar-refractivity contribution is 0.241. The number of nitrogens with zero attached hydrogens (tertiary/aromatic N) is 3. The van der Waals surface area contributed by atoms with Gasteiger partial charge in [-0.2, -0.15) is 5.10 Å². The van der Waals surface area contributed by atoms with Gasteiger partial charge < -0.3 is 5.73 Å². The summed E-state index contributed by atoms with van der Waals surface area (Å²) in [6.45, 7) is 0. The summed E-state index contributed by atoms with van der Waals surface area (Å²) < 4.78 is 1.86. The lowest BCUT2D eigenvalue weighted by Gasteiger charge is -2.37. The zero-order valence-corrected chi connectivity index (χ0v) is 10.6. The predicted octanol–water partition coefficient (Wildman–Crippen LogP) is 1.91. The van der Waals surface area contributed by atoms with E-state index < -0.39 is 0 Å². The molecule has 0 amide bonds. The first-order chi connectivity index (χ1) is 8.66. The molecule has 1 heterocycles. The zero-order chi connectivity index (χ0) is 12.6. The molecule has 1 aromatic heterocycles. The summed E-state index contributed by atoms with van der Waals surface area (Å²) >= 11 is 0. The lowest BCUT2D eigenvalue weighted by atomic mass is 9.75. The summed E-state index contributed by atoms with van der Waals surface area (Å²) in [4.78, 5) is 4.62. The Bertz CT molecular complexity index is 540. The van der Waals surface area contributed by atoms with E-state index in [4.69, 9.17) is 5.73 Å². The van der Waals surface area contributed by atoms with Crippen molar-refractivity contribution in [1.29, 1.82) is 0 Å². The Morgan fingerprint density at radius 2 is 2.00 bits per heavy atom. The fourth-order valence-electron chi connectivity index (χ4n) is 2.40. The van der Waals surface area contributed by atoms with Crippen molar-refractivity contribution in [2.45, 2.75) is 31.2 Å². The molecule has 3 rings (SSSR count). The molecule has 2 aromatic rings. The number of hydrogen-bond donors (Lipinski definition) is 1. The third kappa shape index (κ3) is 2.04. The van der Waals surface area contributed by atoms with Crippen LogP contribution in [0.1, 0.15) is 25.1 Å². The average Bonchev–Trinajstić information content (AvgIpc) is 2.70. The molecule has 0 bridgehead atoms. The summed E-state index contributed by atoms with van der Waals surface area (Å²) in [6.07, 6.45) is 4.25. The number of rotatable bonds is 3. The molecule has 0 spiro atoms. The SMILES string of the molecule is Cn1nc(-c2ccccc2)nc1CC1(N)CCC1. The maximum atomic E-state index is 6.27. The van der Waals surface area contributed by atoms with Gasteiger partial charge in [-0.3, -0.25) is 4.68 Å². The van der Waals surface area contributed by atoms with E-state index in [-0.39, 0.29) is 5.54 Å². The van der Waals surface area contributed by atoms with Crippen molar-refractivity contribution in [2.75, 3.05) is 0 Å². The van der Waals surface area contributed by atoms with Gasteiger partial charge in [0.15, 0.2) is 5.82 Å². The maximum Gasteiger partial charge on any atom is 0.181 e. The minimum Gasteiger partial charge on any atom is -0.325 e. The molecule has 1 fully saturated rings. The Labute approximate surface area is 107 Å². The van der Waals surface area contributed by atoms with Crippen LogP contribution in [-0.4, -0.2) is 20.3 Å². The molecule has 0 unspecified atom stereocenters. The second-order valence-electron chi connectivity index (χ2n) is 5.23. The van der Waals surface area contributed by atoms with E-state index in [1.165, 1.54) is 6.42 Å². The Kier molecular flexibility index (Phi) is 2.67. The Morgan fingerprint density at radius 3 is 2.61 bits per heavy atom. The normalized spacial score (nSPS) is 17.4. The van der Waals surface area contributed by atoms with Crippen molar-refractivity contribution in [2.24, 2.45) is 12.8 Å². The van der Waals surface area contributed by atoms with Crippen LogP contribution in [0.5, 0.6) is 0 Å². The summed E-state index contributed by atoms with van der Waals surface area (Å²) in [5, 5.41) is 4.47. The first kappa shape index (κ1) is 11.4. The van der Waals surface area contributed by atoms with Gasteiger partial charge in [-0.1, -0.05) is 30.3 Å². The van der Waals surface area contributed by atoms with Crippen LogP contribution >= 0.6 is 0 Å². The predicted molar refractivity (Wildman–Crippen MR) is 70.9 cm³/mol. The van der Waals surface area contributed by atoms with Gasteiger partial charge in [0.25, 0.3) is 0 Å². The van der Waals surface area contributed by atoms with Gasteiger partial charge in [0.1, 0.15) is 5.82 Å². The minimum absolute atomic E-state index is 0.0469. The van der Waals surface area contributed by atoms with Crippen molar-refractivity contribution in [3.8, 4) is 11.4 Å². The van der Waals surface area contributed by atoms with Crippen molar-refractivity contribution in [3.63, 3.8) is 0 Å². The van der Waals surface area contributed by atoms with Crippen LogP contribution in [0.25, 0.3) is 11.4 Å². The Balaban J connectivity index is 1.87. The molecule has 0 aliphatic heterocycles. The first-order valence-electron chi connectivity index (χ1n) is 6.41. The standard InChI is InChI=1S/C14H18N4/c1-18-12(10-14(15)8-5-9-14)16-13(17-18)11-6-3-2-4-7-11/h2-4,6-7H,5,8-10,15H2,1H3. The van der Waals surface area contributed by atoms with Crippen LogP contribution < -0.4 is 5.73 Å². The molecule has 1 aromatic carbocycles. The quantitative estimate of drug-likeness (QED) is 0.894. The molecule has 2 N–H and O–H groups in total. The van der Waals surface area contributed by atoms with Crippen LogP contribution in [0.2, 0.25) is 0 Å². The van der Waals surface area contributed by atoms with E-state index in [0.29, 0.717) is 0 Å². The average molecular weight is 242 g/mol. The molecule has 4 heteroatoms. The highest BCUT2D eigenvalue weighted by atomic mass is 15.3. The number of nitrogens with two attached hydrogens (primary N) is 1. The van der Waals surface area contributed by atoms with Crippen molar-refractivity contribution < 1.29 is 0 Å². The summed E-state index contributed by atoms with van der Waals surface area (Å²) in [5.74, 6) is 1.77. The second-order valence-corrected chi connectivity index (χ2v) is 5.23. The van der Waals surface area contributed by atoms with Gasteiger partial charge in [0.2, 0.25) is 0 Å². The molecule has 1 aliphatic rings. The molecule has 0 saturated heterocycles. The molecule has 0 radical (unpaired) electrons. The Morgan fingerprint density at radius 1 is 1.28 bits per heavy atom. The fourth-order valence-corrected chi connectivity index (χ4v) is 2.40. The molecule has 1 saturated carbocycles. The van der Waals surface area contributed by atoms with Crippen LogP contribution in [0.4, 0.5) is 0 Å². The van der Waals surface area contributed by atoms with Gasteiger partial charge in [0, 0.05) is 24.6 Å². The van der Waals surface area contributed by atoms with Gasteiger partial charge in [-0.15, -0.1) is 0 Å². The summed E-state index contributed by atoms with van der Waals surface area (Å²) in [5.41, 5.74) is 7.28. The molecule has 18 heavy (non-hydrogen) atoms. The van der Waals surface area contributed by atoms with Crippen LogP contribution in [-0.2, 0) is 13.5 Å². The largest absolute Gasteiger partial charge is 0.325 e. The van der Waals surface area contributed by atoms with Gasteiger partial charge >= 0.3 is 0 Å². The summed E-state index contributed by atoms with van der Waals surface area (Å²) in [7, 11) is 1.94. The van der Waals surface area contributed by atoms with Gasteiger partial charge in [0.05, 0.1) is 0 Å². The second kappa shape index (κ2) is 4.21. The monoisotopic (exact) mass is 242 g/mol. The van der Waals surface area contributed by atoms with Crippen molar-refractivity contribution >= 4 is 0 Å². The number of benzene rings is 1. The van der Waals surface area contributed by atoms with Crippen LogP contribution in [0.3, 0.4) is 0 Å². The van der Waals surface area contributed by atoms with Crippen LogP contribution in [0.15, 0.2) is 30.3 Å². The maximum absolute atomic E-state index is 6.27. The van der Waals surface area contributed by atoms with E-state index in [1.807, 2.05) is 42.1 Å². The molecule has 94 valence electrons. The van der Waals surface area contributed by atoms with Crippen LogP contribution in [0, 0.1) is 0 Å². The van der Waals surface area contributed by atoms with E-state index in [1.54, 1.807) is 0 Å². The van der Waals surface area contributed by atoms with Crippen molar-refractivity contribution in [3.05, 3.63) is 36.2 Å². The zero-order valence-electron chi connectivity index (χ0n) is 10.6. The molecule has 0 atom stereocenters. The van der Waals surface area contributed by atoms with Crippen molar-refractivity contribution in [1.82, 2.24) is 14.8 Å². The topological polar surface area (TPSA) is 56.7 Å². The molecule has 4 nitrogen and oxygen atoms in total. The lowest BCUT2D eigenvalue weighted by Crippen LogP contribution is -2.48. The van der Waals surface area contributed by atoms with Gasteiger partial charge in [-0.05, 0) is 19.3 Å². The minimum atomic E-state index is -0.0469. The first-order valence-corrected chi connectivity index (χ1v) is 6.41. The highest BCUT2D eigenvalue weighted by Gasteiger charge is 2.34. The Hall–Kier alpha value is -1.68. The highest BCUT2D eigenvalue weighted by Crippen LogP contribution is 2.32. The molecular formula is C14H18N4. The molecule has 1 aliphatic carbocycles. The van der Waals surface area contributed by atoms with E-state index >= 15 is 0 Å². The smallest absolute Gasteiger partial charge is 0.181 e. The highest BCUT2D eigenvalue weighted by molar-refractivity contribution is 5.54. The molecular weight excluding hydrogens is 224 g/mol. The summed E-state index contributed by atoms with van der Waals surface area (Å²) in [6, 6.07) is 10.1. The number of aromatic nitrogens is 3. The van der Waals surface area contributed by atoms with Gasteiger partial charge in [-0.25, -0.2) is 4.98 Å². The third-order valence-corrected chi connectivity index (χ3v) is 3.74. The third-order valence-electron chi connectivity index (χ3n) is 3.74. The van der Waals surface area contributed by atoms with E-state index in [9.17, 15) is 0 Å². The van der Waals surface area contributed by atoms with E-state index in [0.717, 1.165) is 36.5 Å².